The quantitative estimate of drug-likeness (QED) is 0.657. The zero-order valence-electron chi connectivity index (χ0n) is 18.4. The van der Waals surface area contributed by atoms with Crippen LogP contribution in [0.25, 0.3) is 16.5 Å². The topological polar surface area (TPSA) is 34.7 Å². The highest BCUT2D eigenvalue weighted by molar-refractivity contribution is 5.92. The van der Waals surface area contributed by atoms with E-state index in [1.54, 1.807) is 7.11 Å². The number of anilines is 1. The molecule has 0 aliphatic carbocycles. The van der Waals surface area contributed by atoms with E-state index in [-0.39, 0.29) is 0 Å². The summed E-state index contributed by atoms with van der Waals surface area (Å²) in [6.45, 7) is 8.84. The average molecular weight is 417 g/mol. The first-order chi connectivity index (χ1) is 15.3. The molecule has 3 heterocycles. The normalized spacial score (nSPS) is 18.4. The molecule has 0 bridgehead atoms. The van der Waals surface area contributed by atoms with Crippen LogP contribution in [0.1, 0.15) is 12.0 Å². The number of methoxy groups -OCH3 is 1. The zero-order chi connectivity index (χ0) is 21.0. The fourth-order valence-corrected chi connectivity index (χ4v) is 4.88. The number of piperazine rings is 1. The van der Waals surface area contributed by atoms with Crippen molar-refractivity contribution in [3.63, 3.8) is 0 Å². The lowest BCUT2D eigenvalue weighted by molar-refractivity contribution is 0.205. The molecule has 2 aliphatic rings. The van der Waals surface area contributed by atoms with Crippen LogP contribution in [0.2, 0.25) is 0 Å². The molecule has 5 rings (SSSR count). The molecule has 1 N–H and O–H groups in total. The summed E-state index contributed by atoms with van der Waals surface area (Å²) in [5.74, 6) is 0.974. The molecule has 31 heavy (non-hydrogen) atoms. The van der Waals surface area contributed by atoms with Crippen molar-refractivity contribution in [3.8, 4) is 5.75 Å². The van der Waals surface area contributed by atoms with E-state index in [1.807, 2.05) is 6.07 Å². The maximum absolute atomic E-state index is 5.54. The summed E-state index contributed by atoms with van der Waals surface area (Å²) < 4.78 is 5.54. The van der Waals surface area contributed by atoms with Crippen LogP contribution in [0.3, 0.4) is 0 Å². The Morgan fingerprint density at radius 3 is 2.45 bits per heavy atom. The number of H-pyrrole nitrogens is 1. The summed E-state index contributed by atoms with van der Waals surface area (Å²) in [5, 5.41) is 1.34. The van der Waals surface area contributed by atoms with Gasteiger partial charge in [-0.05, 0) is 30.2 Å². The Labute approximate surface area is 184 Å². The predicted molar refractivity (Wildman–Crippen MR) is 129 cm³/mol. The molecule has 1 fully saturated rings. The number of ether oxygens (including phenoxy) is 1. The molecule has 5 nitrogen and oxygen atoms in total. The van der Waals surface area contributed by atoms with Gasteiger partial charge in [0.05, 0.1) is 12.8 Å². The van der Waals surface area contributed by atoms with Gasteiger partial charge >= 0.3 is 0 Å². The van der Waals surface area contributed by atoms with Gasteiger partial charge in [-0.2, -0.15) is 0 Å². The smallest absolute Gasteiger partial charge is 0.142 e. The standard InChI is InChI=1S/C26H32N4O/c1-31-26-9-5-4-8-25(26)30-18-16-29(17-19-30)15-14-28-12-10-21(11-13-28)23-20-27-24-7-3-2-6-22(23)24/h2-10,20,27H,11-19H2,1H3. The molecule has 5 heteroatoms. The van der Waals surface area contributed by atoms with Crippen LogP contribution >= 0.6 is 0 Å². The monoisotopic (exact) mass is 416 g/mol. The molecule has 0 atom stereocenters. The predicted octanol–water partition coefficient (Wildman–Crippen LogP) is 4.09. The van der Waals surface area contributed by atoms with Gasteiger partial charge in [-0.15, -0.1) is 0 Å². The second-order valence-electron chi connectivity index (χ2n) is 8.53. The van der Waals surface area contributed by atoms with Crippen LogP contribution < -0.4 is 9.64 Å². The van der Waals surface area contributed by atoms with Crippen LogP contribution in [-0.2, 0) is 0 Å². The van der Waals surface area contributed by atoms with Crippen molar-refractivity contribution in [2.75, 3.05) is 64.4 Å². The molecule has 0 radical (unpaired) electrons. The molecule has 162 valence electrons. The van der Waals surface area contributed by atoms with Gasteiger partial charge in [-0.3, -0.25) is 9.80 Å². The molecule has 1 aromatic heterocycles. The Kier molecular flexibility index (Phi) is 5.96. The molecule has 2 aliphatic heterocycles. The van der Waals surface area contributed by atoms with E-state index < -0.39 is 0 Å². The Morgan fingerprint density at radius 2 is 1.65 bits per heavy atom. The highest BCUT2D eigenvalue weighted by atomic mass is 16.5. The Balaban J connectivity index is 1.11. The fraction of sp³-hybridized carbons (Fsp3) is 0.385. The Bertz CT molecular complexity index is 1050. The van der Waals surface area contributed by atoms with Gasteiger partial charge in [0.1, 0.15) is 5.75 Å². The molecule has 0 amide bonds. The molecule has 0 spiro atoms. The molecule has 2 aromatic carbocycles. The Hall–Kier alpha value is -2.76. The minimum atomic E-state index is 0.974. The highest BCUT2D eigenvalue weighted by Gasteiger charge is 2.21. The first kappa shape index (κ1) is 20.2. The summed E-state index contributed by atoms with van der Waals surface area (Å²) >= 11 is 0. The fourth-order valence-electron chi connectivity index (χ4n) is 4.88. The molecular weight excluding hydrogens is 384 g/mol. The van der Waals surface area contributed by atoms with Gasteiger partial charge in [0.25, 0.3) is 0 Å². The highest BCUT2D eigenvalue weighted by Crippen LogP contribution is 2.30. The van der Waals surface area contributed by atoms with Crippen molar-refractivity contribution in [2.24, 2.45) is 0 Å². The third-order valence-corrected chi connectivity index (χ3v) is 6.76. The molecule has 0 unspecified atom stereocenters. The largest absolute Gasteiger partial charge is 0.495 e. The Morgan fingerprint density at radius 1 is 0.871 bits per heavy atom. The number of hydrogen-bond donors (Lipinski definition) is 1. The maximum Gasteiger partial charge on any atom is 0.142 e. The van der Waals surface area contributed by atoms with Crippen molar-refractivity contribution >= 4 is 22.2 Å². The van der Waals surface area contributed by atoms with E-state index in [1.165, 1.54) is 27.7 Å². The van der Waals surface area contributed by atoms with E-state index in [4.69, 9.17) is 4.74 Å². The number of benzene rings is 2. The zero-order valence-corrected chi connectivity index (χ0v) is 18.4. The van der Waals surface area contributed by atoms with E-state index in [9.17, 15) is 0 Å². The summed E-state index contributed by atoms with van der Waals surface area (Å²) in [4.78, 5) is 11.1. The lowest BCUT2D eigenvalue weighted by Gasteiger charge is -2.37. The summed E-state index contributed by atoms with van der Waals surface area (Å²) in [6.07, 6.45) is 5.73. The van der Waals surface area contributed by atoms with Gasteiger partial charge in [0.15, 0.2) is 0 Å². The number of fused-ring (bicyclic) bond motifs is 1. The first-order valence-electron chi connectivity index (χ1n) is 11.4. The van der Waals surface area contributed by atoms with E-state index in [0.717, 1.165) is 64.5 Å². The number of aromatic amines is 1. The van der Waals surface area contributed by atoms with Crippen LogP contribution in [0.4, 0.5) is 5.69 Å². The van der Waals surface area contributed by atoms with E-state index in [2.05, 4.69) is 74.4 Å². The number of nitrogens with one attached hydrogen (secondary N) is 1. The molecule has 1 saturated heterocycles. The van der Waals surface area contributed by atoms with Crippen molar-refractivity contribution in [1.29, 1.82) is 0 Å². The second kappa shape index (κ2) is 9.16. The van der Waals surface area contributed by atoms with Crippen molar-refractivity contribution in [2.45, 2.75) is 6.42 Å². The van der Waals surface area contributed by atoms with Crippen molar-refractivity contribution in [3.05, 3.63) is 66.4 Å². The first-order valence-corrected chi connectivity index (χ1v) is 11.4. The molecule has 3 aromatic rings. The molecule has 0 saturated carbocycles. The maximum atomic E-state index is 5.54. The minimum absolute atomic E-state index is 0.974. The van der Waals surface area contributed by atoms with E-state index in [0.29, 0.717) is 0 Å². The van der Waals surface area contributed by atoms with Gasteiger partial charge in [-0.1, -0.05) is 36.4 Å². The second-order valence-corrected chi connectivity index (χ2v) is 8.53. The third-order valence-electron chi connectivity index (χ3n) is 6.76. The number of aromatic nitrogens is 1. The van der Waals surface area contributed by atoms with Crippen molar-refractivity contribution in [1.82, 2.24) is 14.8 Å². The van der Waals surface area contributed by atoms with Gasteiger partial charge in [0, 0.05) is 75.0 Å². The average Bonchev–Trinajstić information content (AvgIpc) is 3.28. The summed E-state index contributed by atoms with van der Waals surface area (Å²) in [5.41, 5.74) is 5.31. The lowest BCUT2D eigenvalue weighted by atomic mass is 9.99. The number of rotatable bonds is 6. The summed E-state index contributed by atoms with van der Waals surface area (Å²) in [6, 6.07) is 16.9. The van der Waals surface area contributed by atoms with Crippen LogP contribution in [0, 0.1) is 0 Å². The van der Waals surface area contributed by atoms with Gasteiger partial charge < -0.3 is 14.6 Å². The van der Waals surface area contributed by atoms with Crippen molar-refractivity contribution < 1.29 is 4.74 Å². The number of hydrogen-bond acceptors (Lipinski definition) is 4. The van der Waals surface area contributed by atoms with Crippen LogP contribution in [0.15, 0.2) is 60.8 Å². The summed E-state index contributed by atoms with van der Waals surface area (Å²) in [7, 11) is 1.76. The third kappa shape index (κ3) is 4.34. The van der Waals surface area contributed by atoms with Crippen LogP contribution in [0.5, 0.6) is 5.75 Å². The van der Waals surface area contributed by atoms with E-state index >= 15 is 0 Å². The number of nitrogens with zero attached hydrogens (tertiary/aromatic N) is 3. The SMILES string of the molecule is COc1ccccc1N1CCN(CCN2CC=C(c3c[nH]c4ccccc34)CC2)CC1. The lowest BCUT2D eigenvalue weighted by Crippen LogP contribution is -2.48. The van der Waals surface area contributed by atoms with Crippen LogP contribution in [-0.4, -0.2) is 74.3 Å². The van der Waals surface area contributed by atoms with Gasteiger partial charge in [-0.25, -0.2) is 0 Å². The number of para-hydroxylation sites is 3. The molecular formula is C26H32N4O. The van der Waals surface area contributed by atoms with Gasteiger partial charge in [0.2, 0.25) is 0 Å². The minimum Gasteiger partial charge on any atom is -0.495 e.